The van der Waals surface area contributed by atoms with Crippen LogP contribution in [0.2, 0.25) is 0 Å². The van der Waals surface area contributed by atoms with Gasteiger partial charge in [-0.2, -0.15) is 5.26 Å². The molecule has 0 aliphatic carbocycles. The minimum Gasteiger partial charge on any atom is -0.381 e. The molecule has 0 atom stereocenters. The number of nitrogens with zero attached hydrogens (tertiary/aromatic N) is 3. The van der Waals surface area contributed by atoms with E-state index in [2.05, 4.69) is 40.7 Å². The van der Waals surface area contributed by atoms with E-state index in [1.54, 1.807) is 0 Å². The van der Waals surface area contributed by atoms with Crippen molar-refractivity contribution in [3.63, 3.8) is 0 Å². The van der Waals surface area contributed by atoms with Gasteiger partial charge in [-0.15, -0.1) is 10.2 Å². The normalized spacial score (nSPS) is 10.6. The summed E-state index contributed by atoms with van der Waals surface area (Å²) in [5.74, 6) is 0. The summed E-state index contributed by atoms with van der Waals surface area (Å²) in [4.78, 5) is 0. The van der Waals surface area contributed by atoms with E-state index < -0.39 is 0 Å². The van der Waals surface area contributed by atoms with E-state index in [0.29, 0.717) is 11.7 Å². The van der Waals surface area contributed by atoms with Crippen LogP contribution in [0, 0.1) is 11.3 Å². The highest BCUT2D eigenvalue weighted by Gasteiger charge is 2.09. The van der Waals surface area contributed by atoms with Crippen LogP contribution in [0.4, 0.5) is 5.69 Å². The molecule has 0 bridgehead atoms. The zero-order chi connectivity index (χ0) is 13.7. The molecular weight excluding hydrogens is 238 g/mol. The topological polar surface area (TPSA) is 73.6 Å². The molecule has 0 aliphatic rings. The van der Waals surface area contributed by atoms with Crippen molar-refractivity contribution < 1.29 is 0 Å². The van der Waals surface area contributed by atoms with E-state index in [1.165, 1.54) is 0 Å². The fraction of sp³-hybridized carbons (Fsp3) is 0.357. The van der Waals surface area contributed by atoms with Gasteiger partial charge in [0.05, 0.1) is 11.2 Å². The Kier molecular flexibility index (Phi) is 4.26. The summed E-state index contributed by atoms with van der Waals surface area (Å²) in [5, 5.41) is 24.6. The highest BCUT2D eigenvalue weighted by Crippen LogP contribution is 2.23. The molecule has 0 unspecified atom stereocenters. The van der Waals surface area contributed by atoms with Crippen molar-refractivity contribution in [3.8, 4) is 6.07 Å². The Bertz CT molecular complexity index is 600. The van der Waals surface area contributed by atoms with Crippen molar-refractivity contribution in [3.05, 3.63) is 30.0 Å². The number of fused-ring (bicyclic) bond motifs is 1. The quantitative estimate of drug-likeness (QED) is 0.798. The van der Waals surface area contributed by atoms with Gasteiger partial charge >= 0.3 is 0 Å². The number of anilines is 1. The fourth-order valence-corrected chi connectivity index (χ4v) is 1.86. The molecular formula is C14H17N5. The fourth-order valence-electron chi connectivity index (χ4n) is 1.86. The van der Waals surface area contributed by atoms with Crippen LogP contribution < -0.4 is 10.6 Å². The van der Waals surface area contributed by atoms with Gasteiger partial charge in [0.15, 0.2) is 5.69 Å². The summed E-state index contributed by atoms with van der Waals surface area (Å²) >= 11 is 0. The first-order chi connectivity index (χ1) is 9.22. The highest BCUT2D eigenvalue weighted by molar-refractivity contribution is 5.92. The van der Waals surface area contributed by atoms with Gasteiger partial charge in [-0.05, 0) is 6.07 Å². The van der Waals surface area contributed by atoms with Crippen LogP contribution >= 0.6 is 0 Å². The van der Waals surface area contributed by atoms with E-state index in [9.17, 15) is 0 Å². The molecule has 1 heterocycles. The summed E-state index contributed by atoms with van der Waals surface area (Å²) in [6.45, 7) is 5.77. The van der Waals surface area contributed by atoms with Gasteiger partial charge < -0.3 is 10.6 Å². The number of nitrogens with one attached hydrogen (secondary N) is 2. The maximum Gasteiger partial charge on any atom is 0.186 e. The number of rotatable bonds is 5. The molecule has 0 spiro atoms. The summed E-state index contributed by atoms with van der Waals surface area (Å²) < 4.78 is 0. The molecule has 0 aliphatic heterocycles. The van der Waals surface area contributed by atoms with Crippen LogP contribution in [0.1, 0.15) is 19.5 Å². The Morgan fingerprint density at radius 2 is 2.00 bits per heavy atom. The van der Waals surface area contributed by atoms with Crippen LogP contribution in [0.15, 0.2) is 24.3 Å². The number of benzene rings is 1. The standard InChI is InChI=1S/C14H17N5/c1-10(2)16-7-8-17-14-11-5-3-4-6-12(11)18-19-13(14)9-15/h3-6,10,16H,7-8H2,1-2H3,(H,17,18). The van der Waals surface area contributed by atoms with Gasteiger partial charge in [-0.25, -0.2) is 0 Å². The minimum absolute atomic E-state index is 0.336. The van der Waals surface area contributed by atoms with Crippen molar-refractivity contribution in [1.82, 2.24) is 15.5 Å². The van der Waals surface area contributed by atoms with Crippen LogP contribution in [-0.2, 0) is 0 Å². The molecule has 5 nitrogen and oxygen atoms in total. The maximum absolute atomic E-state index is 9.11. The molecule has 1 aromatic carbocycles. The molecule has 0 radical (unpaired) electrons. The van der Waals surface area contributed by atoms with Crippen molar-refractivity contribution in [2.75, 3.05) is 18.4 Å². The summed E-state index contributed by atoms with van der Waals surface area (Å²) in [6.07, 6.45) is 0. The molecule has 2 rings (SSSR count). The summed E-state index contributed by atoms with van der Waals surface area (Å²) in [7, 11) is 0. The Morgan fingerprint density at radius 1 is 1.21 bits per heavy atom. The summed E-state index contributed by atoms with van der Waals surface area (Å²) in [6, 6.07) is 10.2. The average molecular weight is 255 g/mol. The Hall–Kier alpha value is -2.19. The second-order valence-electron chi connectivity index (χ2n) is 4.59. The molecule has 98 valence electrons. The average Bonchev–Trinajstić information content (AvgIpc) is 2.43. The molecule has 19 heavy (non-hydrogen) atoms. The van der Waals surface area contributed by atoms with Gasteiger partial charge in [0.1, 0.15) is 6.07 Å². The first-order valence-electron chi connectivity index (χ1n) is 6.35. The largest absolute Gasteiger partial charge is 0.381 e. The molecule has 1 aromatic heterocycles. The Balaban J connectivity index is 2.22. The van der Waals surface area contributed by atoms with Crippen LogP contribution in [0.3, 0.4) is 0 Å². The van der Waals surface area contributed by atoms with Gasteiger partial charge in [0.25, 0.3) is 0 Å². The van der Waals surface area contributed by atoms with Crippen molar-refractivity contribution >= 4 is 16.6 Å². The predicted octanol–water partition coefficient (Wildman–Crippen LogP) is 1.91. The van der Waals surface area contributed by atoms with Gasteiger partial charge in [0.2, 0.25) is 0 Å². The van der Waals surface area contributed by atoms with E-state index >= 15 is 0 Å². The molecule has 0 fully saturated rings. The van der Waals surface area contributed by atoms with Crippen LogP contribution in [0.25, 0.3) is 10.9 Å². The van der Waals surface area contributed by atoms with Crippen molar-refractivity contribution in [2.45, 2.75) is 19.9 Å². The number of nitriles is 1. The SMILES string of the molecule is CC(C)NCCNc1c(C#N)nnc2ccccc12. The third kappa shape index (κ3) is 3.18. The third-order valence-electron chi connectivity index (χ3n) is 2.75. The number of hydrogen-bond acceptors (Lipinski definition) is 5. The zero-order valence-electron chi connectivity index (χ0n) is 11.1. The van der Waals surface area contributed by atoms with E-state index in [4.69, 9.17) is 5.26 Å². The first-order valence-corrected chi connectivity index (χ1v) is 6.35. The molecule has 2 aromatic rings. The lowest BCUT2D eigenvalue weighted by molar-refractivity contribution is 0.602. The lowest BCUT2D eigenvalue weighted by atomic mass is 10.1. The Morgan fingerprint density at radius 3 is 2.74 bits per heavy atom. The minimum atomic E-state index is 0.336. The van der Waals surface area contributed by atoms with Crippen molar-refractivity contribution in [2.24, 2.45) is 0 Å². The second-order valence-corrected chi connectivity index (χ2v) is 4.59. The Labute approximate surface area is 112 Å². The lowest BCUT2D eigenvalue weighted by Gasteiger charge is -2.12. The molecule has 0 saturated heterocycles. The van der Waals surface area contributed by atoms with Gasteiger partial charge in [-0.1, -0.05) is 32.0 Å². The molecule has 2 N–H and O–H groups in total. The summed E-state index contributed by atoms with van der Waals surface area (Å²) in [5.41, 5.74) is 1.89. The van der Waals surface area contributed by atoms with Crippen LogP contribution in [0.5, 0.6) is 0 Å². The van der Waals surface area contributed by atoms with E-state index in [-0.39, 0.29) is 0 Å². The monoisotopic (exact) mass is 255 g/mol. The predicted molar refractivity (Wildman–Crippen MR) is 75.9 cm³/mol. The van der Waals surface area contributed by atoms with Crippen molar-refractivity contribution in [1.29, 1.82) is 5.26 Å². The molecule has 5 heteroatoms. The zero-order valence-corrected chi connectivity index (χ0v) is 11.1. The number of hydrogen-bond donors (Lipinski definition) is 2. The molecule has 0 saturated carbocycles. The van der Waals surface area contributed by atoms with Gasteiger partial charge in [0, 0.05) is 24.5 Å². The molecule has 0 amide bonds. The van der Waals surface area contributed by atoms with E-state index in [1.807, 2.05) is 24.3 Å². The number of aromatic nitrogens is 2. The third-order valence-corrected chi connectivity index (χ3v) is 2.75. The lowest BCUT2D eigenvalue weighted by Crippen LogP contribution is -2.28. The van der Waals surface area contributed by atoms with E-state index in [0.717, 1.165) is 29.7 Å². The van der Waals surface area contributed by atoms with Crippen LogP contribution in [-0.4, -0.2) is 29.3 Å². The highest BCUT2D eigenvalue weighted by atomic mass is 15.1. The first kappa shape index (κ1) is 13.2. The smallest absolute Gasteiger partial charge is 0.186 e. The maximum atomic E-state index is 9.11. The second kappa shape index (κ2) is 6.12. The van der Waals surface area contributed by atoms with Gasteiger partial charge in [-0.3, -0.25) is 0 Å².